The summed E-state index contributed by atoms with van der Waals surface area (Å²) in [7, 11) is -3.87. The molecule has 0 aromatic rings. The van der Waals surface area contributed by atoms with Gasteiger partial charge in [-0.15, -0.1) is 0 Å². The zero-order chi connectivity index (χ0) is 36.0. The van der Waals surface area contributed by atoms with Gasteiger partial charge in [-0.1, -0.05) is 85.6 Å². The van der Waals surface area contributed by atoms with Crippen molar-refractivity contribution in [3.63, 3.8) is 0 Å². The molecular weight excluding hydrogens is 625 g/mol. The summed E-state index contributed by atoms with van der Waals surface area (Å²) in [4.78, 5) is 0. The van der Waals surface area contributed by atoms with Crippen molar-refractivity contribution >= 4 is 16.6 Å². The van der Waals surface area contributed by atoms with E-state index in [1.807, 2.05) is 0 Å². The van der Waals surface area contributed by atoms with Crippen molar-refractivity contribution in [1.29, 1.82) is 0 Å². The average Bonchev–Trinajstić information content (AvgIpc) is 3.70. The van der Waals surface area contributed by atoms with Crippen molar-refractivity contribution in [3.8, 4) is 0 Å². The third-order valence-corrected chi connectivity index (χ3v) is 24.1. The second-order valence-electron chi connectivity index (χ2n) is 20.1. The van der Waals surface area contributed by atoms with E-state index in [4.69, 9.17) is 13.6 Å². The Bertz CT molecular complexity index is 1110. The predicted molar refractivity (Wildman–Crippen MR) is 210 cm³/mol. The van der Waals surface area contributed by atoms with Gasteiger partial charge in [0.25, 0.3) is 0 Å². The molecule has 4 nitrogen and oxygen atoms in total. The topological polar surface area (TPSA) is 47.9 Å². The van der Waals surface area contributed by atoms with Crippen LogP contribution in [-0.2, 0) is 13.6 Å². The van der Waals surface area contributed by atoms with Gasteiger partial charge in [0.05, 0.1) is 23.9 Å². The molecule has 4 aliphatic rings. The fourth-order valence-corrected chi connectivity index (χ4v) is 11.9. The number of rotatable bonds is 13. The number of hydrogen-bond donors (Lipinski definition) is 1. The molecule has 6 atom stereocenters. The molecule has 6 heteroatoms. The molecule has 0 aromatic carbocycles. The molecule has 0 bridgehead atoms. The first kappa shape index (κ1) is 40.5. The molecule has 4 rings (SSSR count). The smallest absolute Gasteiger partial charge is 0.192 e. The summed E-state index contributed by atoms with van der Waals surface area (Å²) in [6, 6.07) is 0. The fraction of sp³-hybridized carbons (Fsp3) is 0.905. The maximum absolute atomic E-state index is 10.7. The van der Waals surface area contributed by atoms with Crippen LogP contribution in [0.2, 0.25) is 36.3 Å². The van der Waals surface area contributed by atoms with Gasteiger partial charge >= 0.3 is 0 Å². The van der Waals surface area contributed by atoms with Crippen LogP contribution < -0.4 is 0 Å². The molecule has 0 aromatic heterocycles. The number of hydrogen-bond acceptors (Lipinski definition) is 4. The predicted octanol–water partition coefficient (Wildman–Crippen LogP) is 12.1. The lowest BCUT2D eigenvalue weighted by Crippen LogP contribution is -2.54. The first-order chi connectivity index (χ1) is 22.0. The Morgan fingerprint density at radius 3 is 1.88 bits per heavy atom. The van der Waals surface area contributed by atoms with Crippen molar-refractivity contribution in [3.05, 3.63) is 23.3 Å². The van der Waals surface area contributed by atoms with E-state index in [1.165, 1.54) is 44.9 Å². The summed E-state index contributed by atoms with van der Waals surface area (Å²) < 4.78 is 21.2. The van der Waals surface area contributed by atoms with E-state index in [-0.39, 0.29) is 33.8 Å². The lowest BCUT2D eigenvalue weighted by Gasteiger charge is -2.49. The fourth-order valence-electron chi connectivity index (χ4n) is 9.15. The number of ether oxygens (including phenoxy) is 1. The molecule has 48 heavy (non-hydrogen) atoms. The Kier molecular flexibility index (Phi) is 12.4. The molecule has 3 unspecified atom stereocenters. The van der Waals surface area contributed by atoms with E-state index in [0.29, 0.717) is 17.3 Å². The molecular formula is C42H78O4Si2. The van der Waals surface area contributed by atoms with Gasteiger partial charge in [-0.05, 0) is 144 Å². The van der Waals surface area contributed by atoms with E-state index in [1.54, 1.807) is 11.1 Å². The second-order valence-corrected chi connectivity index (χ2v) is 29.7. The van der Waals surface area contributed by atoms with Gasteiger partial charge < -0.3 is 18.7 Å². The van der Waals surface area contributed by atoms with Crippen molar-refractivity contribution < 1.29 is 18.7 Å². The number of fused-ring (bicyclic) bond motifs is 1. The maximum atomic E-state index is 10.7. The maximum Gasteiger partial charge on any atom is 0.192 e. The Labute approximate surface area is 299 Å². The Morgan fingerprint density at radius 1 is 0.854 bits per heavy atom. The summed E-state index contributed by atoms with van der Waals surface area (Å²) in [6.45, 7) is 33.9. The van der Waals surface area contributed by atoms with Crippen LogP contribution in [0.5, 0.6) is 0 Å². The molecule has 4 aliphatic carbocycles. The highest BCUT2D eigenvalue weighted by molar-refractivity contribution is 6.74. The zero-order valence-electron chi connectivity index (χ0n) is 34.1. The molecule has 278 valence electrons. The van der Waals surface area contributed by atoms with Crippen LogP contribution in [-0.4, -0.2) is 52.3 Å². The molecule has 0 aliphatic heterocycles. The van der Waals surface area contributed by atoms with Crippen molar-refractivity contribution in [1.82, 2.24) is 0 Å². The zero-order valence-corrected chi connectivity index (χ0v) is 36.1. The Balaban J connectivity index is 1.53. The van der Waals surface area contributed by atoms with Crippen LogP contribution in [0.3, 0.4) is 0 Å². The molecule has 1 N–H and O–H groups in total. The van der Waals surface area contributed by atoms with E-state index < -0.39 is 22.2 Å². The SMILES string of the molecule is CCC(O)(CC)CCCO[C@H](C)C1CCC2/C(=C/C=C3C[C@@H](O[Si](C)(C)C(C)(C)C)C4(CC4)[C@H](O[Si](C)(C)C(C)(C)C)C3)CCCC21C. The number of allylic oxidation sites excluding steroid dienone is 3. The quantitative estimate of drug-likeness (QED) is 0.153. The summed E-state index contributed by atoms with van der Waals surface area (Å²) in [5.74, 6) is 1.26. The van der Waals surface area contributed by atoms with E-state index in [2.05, 4.69) is 108 Å². The van der Waals surface area contributed by atoms with Crippen molar-refractivity contribution in [2.24, 2.45) is 22.7 Å². The highest BCUT2D eigenvalue weighted by Gasteiger charge is 2.61. The summed E-state index contributed by atoms with van der Waals surface area (Å²) >= 11 is 0. The van der Waals surface area contributed by atoms with Gasteiger partial charge in [-0.2, -0.15) is 0 Å². The number of aliphatic hydroxyl groups is 1. The van der Waals surface area contributed by atoms with Crippen molar-refractivity contribution in [2.75, 3.05) is 6.61 Å². The minimum absolute atomic E-state index is 0.194. The first-order valence-corrected chi connectivity index (χ1v) is 25.9. The van der Waals surface area contributed by atoms with Crippen LogP contribution in [0.1, 0.15) is 153 Å². The van der Waals surface area contributed by atoms with Gasteiger partial charge in [0.15, 0.2) is 16.6 Å². The van der Waals surface area contributed by atoms with Gasteiger partial charge in [0.1, 0.15) is 0 Å². The van der Waals surface area contributed by atoms with Gasteiger partial charge in [0.2, 0.25) is 0 Å². The lowest BCUT2D eigenvalue weighted by atomic mass is 9.62. The highest BCUT2D eigenvalue weighted by atomic mass is 28.4. The molecule has 1 spiro atoms. The van der Waals surface area contributed by atoms with Crippen LogP contribution in [0.4, 0.5) is 0 Å². The highest BCUT2D eigenvalue weighted by Crippen LogP contribution is 2.62. The van der Waals surface area contributed by atoms with E-state index >= 15 is 0 Å². The molecule has 0 heterocycles. The molecule has 4 fully saturated rings. The summed E-state index contributed by atoms with van der Waals surface area (Å²) in [5.41, 5.74) is 3.20. The van der Waals surface area contributed by atoms with Crippen LogP contribution in [0.15, 0.2) is 23.3 Å². The molecule has 0 saturated heterocycles. The third-order valence-electron chi connectivity index (χ3n) is 15.1. The van der Waals surface area contributed by atoms with E-state index in [9.17, 15) is 5.11 Å². The molecule has 4 saturated carbocycles. The lowest BCUT2D eigenvalue weighted by molar-refractivity contribution is -0.0366. The normalized spacial score (nSPS) is 31.3. The first-order valence-electron chi connectivity index (χ1n) is 20.1. The van der Waals surface area contributed by atoms with Crippen LogP contribution in [0, 0.1) is 22.7 Å². The largest absolute Gasteiger partial charge is 0.413 e. The van der Waals surface area contributed by atoms with Gasteiger partial charge in [-0.3, -0.25) is 0 Å². The van der Waals surface area contributed by atoms with Gasteiger partial charge in [0, 0.05) is 12.0 Å². The molecule has 0 amide bonds. The van der Waals surface area contributed by atoms with Crippen molar-refractivity contribution in [2.45, 2.75) is 213 Å². The Morgan fingerprint density at radius 2 is 1.40 bits per heavy atom. The van der Waals surface area contributed by atoms with Crippen LogP contribution >= 0.6 is 0 Å². The summed E-state index contributed by atoms with van der Waals surface area (Å²) in [5, 5.41) is 11.1. The average molecular weight is 703 g/mol. The standard InChI is InChI=1S/C42H78O4Si2/c1-15-41(43,16-2)25-18-28-44-31(3)34-22-23-35-33(19-17-24-40(34,35)10)21-20-32-29-36(45-47(11,12)38(4,5)6)42(26-27-42)37(30-32)46-48(13,14)39(7,8)9/h20-21,31,34-37,43H,15-19,22-30H2,1-14H3/b33-21+/t31-,34?,35?,36-,37-,40?/m1/s1. The Hall–Kier alpha value is -0.246. The minimum Gasteiger partial charge on any atom is -0.413 e. The summed E-state index contributed by atoms with van der Waals surface area (Å²) in [6.07, 6.45) is 20.3. The molecule has 0 radical (unpaired) electrons. The van der Waals surface area contributed by atoms with Gasteiger partial charge in [-0.25, -0.2) is 0 Å². The third kappa shape index (κ3) is 8.51. The van der Waals surface area contributed by atoms with E-state index in [0.717, 1.165) is 45.1 Å². The van der Waals surface area contributed by atoms with Crippen LogP contribution in [0.25, 0.3) is 0 Å². The monoisotopic (exact) mass is 703 g/mol. The second kappa shape index (κ2) is 14.6. The minimum atomic E-state index is -1.93.